The Kier molecular flexibility index (Phi) is 9.19. The van der Waals surface area contributed by atoms with E-state index in [2.05, 4.69) is 47.9 Å². The van der Waals surface area contributed by atoms with Crippen LogP contribution in [-0.2, 0) is 11.3 Å². The summed E-state index contributed by atoms with van der Waals surface area (Å²) in [6, 6.07) is 16.0. The van der Waals surface area contributed by atoms with Gasteiger partial charge in [0.2, 0.25) is 5.91 Å². The van der Waals surface area contributed by atoms with Crippen molar-refractivity contribution in [1.29, 1.82) is 0 Å². The fraction of sp³-hybridized carbons (Fsp3) is 0.480. The Hall–Kier alpha value is -2.08. The van der Waals surface area contributed by atoms with E-state index in [-0.39, 0.29) is 5.91 Å². The predicted octanol–water partition coefficient (Wildman–Crippen LogP) is 4.08. The molecule has 1 aliphatic rings. The van der Waals surface area contributed by atoms with Gasteiger partial charge in [-0.1, -0.05) is 60.5 Å². The van der Waals surface area contributed by atoms with Crippen LogP contribution in [0.4, 0.5) is 0 Å². The van der Waals surface area contributed by atoms with E-state index in [1.54, 1.807) is 0 Å². The molecule has 6 heteroatoms. The number of carbonyl (C=O) groups is 1. The predicted molar refractivity (Wildman–Crippen MR) is 127 cm³/mol. The largest absolute Gasteiger partial charge is 0.491 e. The molecule has 0 spiro atoms. The molecule has 5 nitrogen and oxygen atoms in total. The number of benzene rings is 2. The van der Waals surface area contributed by atoms with Gasteiger partial charge < -0.3 is 9.64 Å². The molecule has 0 atom stereocenters. The third-order valence-electron chi connectivity index (χ3n) is 5.67. The lowest BCUT2D eigenvalue weighted by atomic mass is 10.1. The third-order valence-corrected chi connectivity index (χ3v) is 5.98. The van der Waals surface area contributed by atoms with E-state index in [4.69, 9.17) is 16.3 Å². The summed E-state index contributed by atoms with van der Waals surface area (Å²) in [4.78, 5) is 19.6. The molecule has 0 N–H and O–H groups in total. The summed E-state index contributed by atoms with van der Waals surface area (Å²) < 4.78 is 5.81. The number of hydrogen-bond donors (Lipinski definition) is 0. The Morgan fingerprint density at radius 1 is 1.03 bits per heavy atom. The Labute approximate surface area is 191 Å². The normalized spacial score (nSPS) is 15.1. The molecule has 168 valence electrons. The minimum atomic E-state index is 0.220. The van der Waals surface area contributed by atoms with Crippen molar-refractivity contribution in [2.24, 2.45) is 0 Å². The first-order chi connectivity index (χ1) is 15.0. The van der Waals surface area contributed by atoms with Gasteiger partial charge in [-0.15, -0.1) is 0 Å². The summed E-state index contributed by atoms with van der Waals surface area (Å²) >= 11 is 6.14. The molecule has 0 aliphatic carbocycles. The summed E-state index contributed by atoms with van der Waals surface area (Å²) in [7, 11) is 0. The SMILES string of the molecule is CCCN(Cc1ccc(C)cc1)C(=O)CN1CCN(CCOc2ccccc2Cl)CC1. The molecule has 2 aromatic carbocycles. The van der Waals surface area contributed by atoms with Crippen LogP contribution in [0.3, 0.4) is 0 Å². The fourth-order valence-corrected chi connectivity index (χ4v) is 3.97. The topological polar surface area (TPSA) is 36.0 Å². The lowest BCUT2D eigenvalue weighted by Crippen LogP contribution is -2.50. The maximum atomic E-state index is 13.0. The van der Waals surface area contributed by atoms with E-state index in [9.17, 15) is 4.79 Å². The first kappa shape index (κ1) is 23.6. The molecule has 1 saturated heterocycles. The molecule has 31 heavy (non-hydrogen) atoms. The minimum absolute atomic E-state index is 0.220. The van der Waals surface area contributed by atoms with Crippen LogP contribution >= 0.6 is 11.6 Å². The van der Waals surface area contributed by atoms with Gasteiger partial charge in [0.15, 0.2) is 0 Å². The first-order valence-electron chi connectivity index (χ1n) is 11.2. The fourth-order valence-electron chi connectivity index (χ4n) is 3.78. The van der Waals surface area contributed by atoms with E-state index in [1.165, 1.54) is 11.1 Å². The van der Waals surface area contributed by atoms with Gasteiger partial charge in [0, 0.05) is 45.8 Å². The second-order valence-electron chi connectivity index (χ2n) is 8.20. The van der Waals surface area contributed by atoms with Gasteiger partial charge in [0.25, 0.3) is 0 Å². The molecule has 0 aromatic heterocycles. The molecular formula is C25H34ClN3O2. The number of hydrogen-bond acceptors (Lipinski definition) is 4. The molecule has 1 fully saturated rings. The molecule has 1 aliphatic heterocycles. The van der Waals surface area contributed by atoms with Crippen molar-refractivity contribution >= 4 is 17.5 Å². The lowest BCUT2D eigenvalue weighted by Gasteiger charge is -2.35. The van der Waals surface area contributed by atoms with Crippen LogP contribution in [-0.4, -0.2) is 73.0 Å². The maximum Gasteiger partial charge on any atom is 0.237 e. The van der Waals surface area contributed by atoms with E-state index >= 15 is 0 Å². The van der Waals surface area contributed by atoms with Gasteiger partial charge in [0.05, 0.1) is 11.6 Å². The number of carbonyl (C=O) groups excluding carboxylic acids is 1. The Balaban J connectivity index is 1.40. The van der Waals surface area contributed by atoms with Gasteiger partial charge in [-0.3, -0.25) is 14.6 Å². The van der Waals surface area contributed by atoms with Gasteiger partial charge in [-0.2, -0.15) is 0 Å². The van der Waals surface area contributed by atoms with Gasteiger partial charge in [0.1, 0.15) is 12.4 Å². The van der Waals surface area contributed by atoms with Crippen molar-refractivity contribution in [1.82, 2.24) is 14.7 Å². The van der Waals surface area contributed by atoms with Gasteiger partial charge >= 0.3 is 0 Å². The molecule has 1 amide bonds. The highest BCUT2D eigenvalue weighted by Gasteiger charge is 2.21. The number of amides is 1. The number of rotatable bonds is 10. The average molecular weight is 444 g/mol. The monoisotopic (exact) mass is 443 g/mol. The van der Waals surface area contributed by atoms with Crippen LogP contribution in [0.15, 0.2) is 48.5 Å². The van der Waals surface area contributed by atoms with Crippen LogP contribution in [0.1, 0.15) is 24.5 Å². The molecule has 3 rings (SSSR count). The Bertz CT molecular complexity index is 820. The number of aryl methyl sites for hydroxylation is 1. The summed E-state index contributed by atoms with van der Waals surface area (Å²) in [5.74, 6) is 0.955. The smallest absolute Gasteiger partial charge is 0.237 e. The molecule has 0 unspecified atom stereocenters. The van der Waals surface area contributed by atoms with Crippen molar-refractivity contribution < 1.29 is 9.53 Å². The van der Waals surface area contributed by atoms with Crippen molar-refractivity contribution in [3.8, 4) is 5.75 Å². The van der Waals surface area contributed by atoms with Crippen LogP contribution < -0.4 is 4.74 Å². The standard InChI is InChI=1S/C25H34ClN3O2/c1-3-12-29(19-22-10-8-21(2)9-11-22)25(30)20-28-15-13-27(14-16-28)17-18-31-24-7-5-4-6-23(24)26/h4-11H,3,12-20H2,1-2H3. The van der Waals surface area contributed by atoms with E-state index in [0.29, 0.717) is 24.7 Å². The highest BCUT2D eigenvalue weighted by molar-refractivity contribution is 6.32. The number of piperazine rings is 1. The van der Waals surface area contributed by atoms with Crippen LogP contribution in [0.5, 0.6) is 5.75 Å². The zero-order valence-electron chi connectivity index (χ0n) is 18.7. The minimum Gasteiger partial charge on any atom is -0.491 e. The number of ether oxygens (including phenoxy) is 1. The molecule has 0 saturated carbocycles. The van der Waals surface area contributed by atoms with Gasteiger partial charge in [-0.05, 0) is 31.0 Å². The summed E-state index contributed by atoms with van der Waals surface area (Å²) in [5, 5.41) is 0.646. The summed E-state index contributed by atoms with van der Waals surface area (Å²) in [6.07, 6.45) is 0.969. The molecule has 1 heterocycles. The third kappa shape index (κ3) is 7.53. The Morgan fingerprint density at radius 3 is 2.39 bits per heavy atom. The van der Waals surface area contributed by atoms with Crippen LogP contribution in [0.25, 0.3) is 0 Å². The zero-order valence-corrected chi connectivity index (χ0v) is 19.5. The number of halogens is 1. The highest BCUT2D eigenvalue weighted by Crippen LogP contribution is 2.22. The molecular weight excluding hydrogens is 410 g/mol. The average Bonchev–Trinajstić information content (AvgIpc) is 2.77. The maximum absolute atomic E-state index is 13.0. The second kappa shape index (κ2) is 12.1. The van der Waals surface area contributed by atoms with E-state index in [1.807, 2.05) is 29.2 Å². The number of para-hydroxylation sites is 1. The molecule has 0 bridgehead atoms. The number of nitrogens with zero attached hydrogens (tertiary/aromatic N) is 3. The molecule has 0 radical (unpaired) electrons. The van der Waals surface area contributed by atoms with Crippen molar-refractivity contribution in [2.45, 2.75) is 26.8 Å². The van der Waals surface area contributed by atoms with E-state index in [0.717, 1.165) is 51.4 Å². The van der Waals surface area contributed by atoms with Crippen molar-refractivity contribution in [3.05, 3.63) is 64.7 Å². The highest BCUT2D eigenvalue weighted by atomic mass is 35.5. The Morgan fingerprint density at radius 2 is 1.71 bits per heavy atom. The van der Waals surface area contributed by atoms with Crippen molar-refractivity contribution in [2.75, 3.05) is 52.4 Å². The lowest BCUT2D eigenvalue weighted by molar-refractivity contribution is -0.133. The first-order valence-corrected chi connectivity index (χ1v) is 11.6. The van der Waals surface area contributed by atoms with Crippen LogP contribution in [0, 0.1) is 6.92 Å². The van der Waals surface area contributed by atoms with Crippen LogP contribution in [0.2, 0.25) is 5.02 Å². The van der Waals surface area contributed by atoms with Gasteiger partial charge in [-0.25, -0.2) is 0 Å². The van der Waals surface area contributed by atoms with Crippen molar-refractivity contribution in [3.63, 3.8) is 0 Å². The molecule has 2 aromatic rings. The van der Waals surface area contributed by atoms with E-state index < -0.39 is 0 Å². The second-order valence-corrected chi connectivity index (χ2v) is 8.60. The zero-order chi connectivity index (χ0) is 22.1. The summed E-state index contributed by atoms with van der Waals surface area (Å²) in [5.41, 5.74) is 2.43. The quantitative estimate of drug-likeness (QED) is 0.554. The summed E-state index contributed by atoms with van der Waals surface area (Å²) in [6.45, 7) is 11.4.